The van der Waals surface area contributed by atoms with Crippen LogP contribution in [0, 0.1) is 0 Å². The molecule has 2 aromatic heterocycles. The van der Waals surface area contributed by atoms with E-state index in [9.17, 15) is 4.79 Å². The van der Waals surface area contributed by atoms with Crippen molar-refractivity contribution in [2.24, 2.45) is 0 Å². The summed E-state index contributed by atoms with van der Waals surface area (Å²) in [6.07, 6.45) is 0. The topological polar surface area (TPSA) is 51.9 Å². The minimum atomic E-state index is -0.162. The average Bonchev–Trinajstić information content (AvgIpc) is 3.44. The van der Waals surface area contributed by atoms with Crippen LogP contribution in [0.5, 0.6) is 5.75 Å². The van der Waals surface area contributed by atoms with E-state index in [0.29, 0.717) is 37.6 Å². The van der Waals surface area contributed by atoms with Crippen molar-refractivity contribution >= 4 is 28.2 Å². The van der Waals surface area contributed by atoms with Gasteiger partial charge < -0.3 is 18.8 Å². The molecule has 1 amide bonds. The standard InChI is InChI=1S/C25H25NO4S/c1-3-29-17-21-20-11-5-7-13-23(20)30-24(21)25(27)26(16-19-10-8-14-31-19)15-18-9-4-6-12-22(18)28-2/h4-14H,3,15-17H2,1-2H3. The smallest absolute Gasteiger partial charge is 0.290 e. The van der Waals surface area contributed by atoms with E-state index >= 15 is 0 Å². The van der Waals surface area contributed by atoms with Gasteiger partial charge in [-0.1, -0.05) is 42.5 Å². The van der Waals surface area contributed by atoms with E-state index in [0.717, 1.165) is 27.1 Å². The van der Waals surface area contributed by atoms with Gasteiger partial charge in [0.05, 0.1) is 26.8 Å². The van der Waals surface area contributed by atoms with Crippen molar-refractivity contribution in [1.82, 2.24) is 4.90 Å². The Morgan fingerprint density at radius 1 is 1.03 bits per heavy atom. The predicted octanol–water partition coefficient (Wildman–Crippen LogP) is 5.88. The Hall–Kier alpha value is -3.09. The Kier molecular flexibility index (Phi) is 6.70. The molecule has 0 bridgehead atoms. The van der Waals surface area contributed by atoms with Crippen LogP contribution < -0.4 is 4.74 Å². The molecule has 0 aliphatic carbocycles. The number of furan rings is 1. The number of hydrogen-bond donors (Lipinski definition) is 0. The molecule has 4 rings (SSSR count). The highest BCUT2D eigenvalue weighted by Crippen LogP contribution is 2.30. The lowest BCUT2D eigenvalue weighted by atomic mass is 10.1. The third-order valence-corrected chi connectivity index (χ3v) is 5.97. The maximum atomic E-state index is 13.8. The zero-order valence-electron chi connectivity index (χ0n) is 17.7. The van der Waals surface area contributed by atoms with Gasteiger partial charge in [-0.15, -0.1) is 11.3 Å². The highest BCUT2D eigenvalue weighted by atomic mass is 32.1. The summed E-state index contributed by atoms with van der Waals surface area (Å²) in [5.74, 6) is 0.928. The van der Waals surface area contributed by atoms with Gasteiger partial charge >= 0.3 is 0 Å². The molecule has 0 spiro atoms. The second-order valence-corrected chi connectivity index (χ2v) is 8.13. The third kappa shape index (κ3) is 4.65. The Balaban J connectivity index is 1.73. The summed E-state index contributed by atoms with van der Waals surface area (Å²) in [6, 6.07) is 19.5. The second-order valence-electron chi connectivity index (χ2n) is 7.10. The fraction of sp³-hybridized carbons (Fsp3) is 0.240. The van der Waals surface area contributed by atoms with Gasteiger partial charge in [-0.25, -0.2) is 0 Å². The van der Waals surface area contributed by atoms with Gasteiger partial charge in [0.1, 0.15) is 11.3 Å². The molecule has 0 fully saturated rings. The fourth-order valence-corrected chi connectivity index (χ4v) is 4.31. The van der Waals surface area contributed by atoms with E-state index < -0.39 is 0 Å². The molecule has 5 nitrogen and oxygen atoms in total. The lowest BCUT2D eigenvalue weighted by Gasteiger charge is -2.23. The first-order valence-corrected chi connectivity index (χ1v) is 11.1. The summed E-state index contributed by atoms with van der Waals surface area (Å²) in [7, 11) is 1.64. The van der Waals surface area contributed by atoms with E-state index in [1.165, 1.54) is 0 Å². The molecule has 0 saturated carbocycles. The number of ether oxygens (including phenoxy) is 2. The number of carbonyl (C=O) groups is 1. The fourth-order valence-electron chi connectivity index (χ4n) is 3.59. The zero-order valence-corrected chi connectivity index (χ0v) is 18.5. The molecular weight excluding hydrogens is 410 g/mol. The van der Waals surface area contributed by atoms with Gasteiger partial charge in [-0.05, 0) is 30.5 Å². The number of carbonyl (C=O) groups excluding carboxylic acids is 1. The highest BCUT2D eigenvalue weighted by molar-refractivity contribution is 7.09. The normalized spacial score (nSPS) is 11.0. The number of para-hydroxylation sites is 2. The van der Waals surface area contributed by atoms with Crippen LogP contribution in [0.2, 0.25) is 0 Å². The van der Waals surface area contributed by atoms with Crippen molar-refractivity contribution in [3.05, 3.63) is 87.8 Å². The van der Waals surface area contributed by atoms with Crippen molar-refractivity contribution in [2.45, 2.75) is 26.6 Å². The minimum absolute atomic E-state index is 0.162. The number of fused-ring (bicyclic) bond motifs is 1. The first kappa shape index (κ1) is 21.2. The number of benzene rings is 2. The van der Waals surface area contributed by atoms with E-state index in [-0.39, 0.29) is 5.91 Å². The Morgan fingerprint density at radius 3 is 2.61 bits per heavy atom. The number of nitrogens with zero attached hydrogens (tertiary/aromatic N) is 1. The van der Waals surface area contributed by atoms with Crippen molar-refractivity contribution in [2.75, 3.05) is 13.7 Å². The van der Waals surface area contributed by atoms with Crippen LogP contribution in [0.4, 0.5) is 0 Å². The van der Waals surface area contributed by atoms with Crippen molar-refractivity contribution in [3.63, 3.8) is 0 Å². The lowest BCUT2D eigenvalue weighted by molar-refractivity contribution is 0.0690. The molecule has 0 N–H and O–H groups in total. The monoisotopic (exact) mass is 435 g/mol. The molecule has 31 heavy (non-hydrogen) atoms. The number of methoxy groups -OCH3 is 1. The summed E-state index contributed by atoms with van der Waals surface area (Å²) in [5, 5.41) is 2.93. The molecule has 2 heterocycles. The Labute approximate surface area is 185 Å². The molecule has 6 heteroatoms. The van der Waals surface area contributed by atoms with Crippen LogP contribution >= 0.6 is 11.3 Å². The van der Waals surface area contributed by atoms with Gasteiger partial charge in [0, 0.05) is 28.0 Å². The van der Waals surface area contributed by atoms with E-state index in [4.69, 9.17) is 13.9 Å². The molecule has 160 valence electrons. The van der Waals surface area contributed by atoms with Crippen LogP contribution in [0.1, 0.15) is 33.5 Å². The zero-order chi connectivity index (χ0) is 21.6. The van der Waals surface area contributed by atoms with Gasteiger partial charge in [0.25, 0.3) is 5.91 Å². The van der Waals surface area contributed by atoms with E-state index in [1.54, 1.807) is 23.3 Å². The number of hydrogen-bond acceptors (Lipinski definition) is 5. The van der Waals surface area contributed by atoms with Crippen molar-refractivity contribution in [3.8, 4) is 5.75 Å². The second kappa shape index (κ2) is 9.81. The quantitative estimate of drug-likeness (QED) is 0.329. The summed E-state index contributed by atoms with van der Waals surface area (Å²) in [6.45, 7) is 3.73. The van der Waals surface area contributed by atoms with Gasteiger partial charge in [-0.3, -0.25) is 4.79 Å². The Morgan fingerprint density at radius 2 is 1.84 bits per heavy atom. The molecule has 4 aromatic rings. The molecule has 2 aromatic carbocycles. The van der Waals surface area contributed by atoms with Gasteiger partial charge in [-0.2, -0.15) is 0 Å². The number of rotatable bonds is 9. The maximum absolute atomic E-state index is 13.8. The summed E-state index contributed by atoms with van der Waals surface area (Å²) in [4.78, 5) is 16.7. The van der Waals surface area contributed by atoms with E-state index in [2.05, 4.69) is 0 Å². The van der Waals surface area contributed by atoms with Gasteiger partial charge in [0.2, 0.25) is 0 Å². The summed E-state index contributed by atoms with van der Waals surface area (Å²) < 4.78 is 17.2. The molecular formula is C25H25NO4S. The predicted molar refractivity (Wildman–Crippen MR) is 122 cm³/mol. The number of thiophene rings is 1. The summed E-state index contributed by atoms with van der Waals surface area (Å²) in [5.41, 5.74) is 2.42. The van der Waals surface area contributed by atoms with Crippen LogP contribution in [0.3, 0.4) is 0 Å². The molecule has 0 saturated heterocycles. The minimum Gasteiger partial charge on any atom is -0.496 e. The molecule has 0 unspecified atom stereocenters. The summed E-state index contributed by atoms with van der Waals surface area (Å²) >= 11 is 1.63. The molecule has 0 atom stereocenters. The third-order valence-electron chi connectivity index (χ3n) is 5.11. The van der Waals surface area contributed by atoms with Gasteiger partial charge in [0.15, 0.2) is 5.76 Å². The van der Waals surface area contributed by atoms with Crippen LogP contribution in [-0.4, -0.2) is 24.5 Å². The van der Waals surface area contributed by atoms with Crippen LogP contribution in [0.15, 0.2) is 70.5 Å². The van der Waals surface area contributed by atoms with Crippen molar-refractivity contribution < 1.29 is 18.7 Å². The molecule has 0 aliphatic heterocycles. The largest absolute Gasteiger partial charge is 0.496 e. The highest BCUT2D eigenvalue weighted by Gasteiger charge is 2.26. The van der Waals surface area contributed by atoms with Crippen molar-refractivity contribution in [1.29, 1.82) is 0 Å². The first-order chi connectivity index (χ1) is 15.2. The number of amides is 1. The molecule has 0 aliphatic rings. The SMILES string of the molecule is CCOCc1c(C(=O)N(Cc2cccs2)Cc2ccccc2OC)oc2ccccc12. The van der Waals surface area contributed by atoms with E-state index in [1.807, 2.05) is 73.0 Å². The molecule has 0 radical (unpaired) electrons. The average molecular weight is 436 g/mol. The lowest BCUT2D eigenvalue weighted by Crippen LogP contribution is -2.30. The maximum Gasteiger partial charge on any atom is 0.290 e. The Bertz CT molecular complexity index is 1150. The van der Waals surface area contributed by atoms with Crippen LogP contribution in [-0.2, 0) is 24.4 Å². The van der Waals surface area contributed by atoms with Crippen LogP contribution in [0.25, 0.3) is 11.0 Å². The first-order valence-electron chi connectivity index (χ1n) is 10.2.